The van der Waals surface area contributed by atoms with Gasteiger partial charge in [-0.25, -0.2) is 9.59 Å². The third-order valence-corrected chi connectivity index (χ3v) is 5.05. The Morgan fingerprint density at radius 2 is 2.08 bits per heavy atom. The van der Waals surface area contributed by atoms with Gasteiger partial charge in [-0.1, -0.05) is 12.1 Å². The molecule has 0 unspecified atom stereocenters. The van der Waals surface area contributed by atoms with E-state index >= 15 is 0 Å². The van der Waals surface area contributed by atoms with Gasteiger partial charge in [0.25, 0.3) is 0 Å². The molecule has 0 radical (unpaired) electrons. The predicted octanol–water partition coefficient (Wildman–Crippen LogP) is 2.77. The van der Waals surface area contributed by atoms with E-state index in [1.54, 1.807) is 23.3 Å². The van der Waals surface area contributed by atoms with Crippen molar-refractivity contribution in [1.82, 2.24) is 5.32 Å². The third kappa shape index (κ3) is 3.70. The quantitative estimate of drug-likeness (QED) is 0.807. The van der Waals surface area contributed by atoms with Crippen LogP contribution in [0.25, 0.3) is 0 Å². The zero-order valence-electron chi connectivity index (χ0n) is 14.5. The number of fused-ring (bicyclic) bond motifs is 1. The zero-order chi connectivity index (χ0) is 18.7. The molecule has 3 rings (SSSR count). The number of ether oxygens (including phenoxy) is 1. The largest absolute Gasteiger partial charge is 0.465 e. The van der Waals surface area contributed by atoms with Crippen LogP contribution in [0.5, 0.6) is 0 Å². The summed E-state index contributed by atoms with van der Waals surface area (Å²) in [7, 11) is 1.30. The topological polar surface area (TPSA) is 87.7 Å². The lowest BCUT2D eigenvalue weighted by molar-refractivity contribution is -0.116. The van der Waals surface area contributed by atoms with Gasteiger partial charge in [-0.3, -0.25) is 4.79 Å². The molecule has 0 spiro atoms. The number of thiophene rings is 1. The van der Waals surface area contributed by atoms with Gasteiger partial charge >= 0.3 is 12.0 Å². The number of anilines is 2. The number of urea groups is 1. The monoisotopic (exact) mass is 373 g/mol. The molecular weight excluding hydrogens is 354 g/mol. The SMILES string of the molecule is COC(=O)c1sccc1NC(=O)NCc1ccc2c(c1)CCN2C(C)=O. The van der Waals surface area contributed by atoms with E-state index in [0.717, 1.165) is 23.2 Å². The number of carbonyl (C=O) groups excluding carboxylic acids is 3. The smallest absolute Gasteiger partial charge is 0.350 e. The van der Waals surface area contributed by atoms with Crippen molar-refractivity contribution in [1.29, 1.82) is 0 Å². The lowest BCUT2D eigenvalue weighted by atomic mass is 10.1. The third-order valence-electron chi connectivity index (χ3n) is 4.16. The first-order chi connectivity index (χ1) is 12.5. The molecular formula is C18H19N3O4S. The van der Waals surface area contributed by atoms with Crippen LogP contribution in [-0.4, -0.2) is 31.6 Å². The number of nitrogens with zero attached hydrogens (tertiary/aromatic N) is 1. The number of nitrogens with one attached hydrogen (secondary N) is 2. The van der Waals surface area contributed by atoms with Crippen molar-refractivity contribution in [3.63, 3.8) is 0 Å². The van der Waals surface area contributed by atoms with Gasteiger partial charge in [0, 0.05) is 25.7 Å². The highest BCUT2D eigenvalue weighted by molar-refractivity contribution is 7.12. The Hall–Kier alpha value is -2.87. The zero-order valence-corrected chi connectivity index (χ0v) is 15.3. The molecule has 3 amide bonds. The van der Waals surface area contributed by atoms with Gasteiger partial charge in [-0.15, -0.1) is 11.3 Å². The molecule has 0 saturated carbocycles. The van der Waals surface area contributed by atoms with E-state index in [4.69, 9.17) is 0 Å². The molecule has 2 heterocycles. The molecule has 0 aliphatic carbocycles. The highest BCUT2D eigenvalue weighted by Gasteiger charge is 2.22. The van der Waals surface area contributed by atoms with Crippen LogP contribution in [0.15, 0.2) is 29.6 Å². The minimum Gasteiger partial charge on any atom is -0.465 e. The van der Waals surface area contributed by atoms with Crippen molar-refractivity contribution in [2.75, 3.05) is 23.9 Å². The number of hydrogen-bond donors (Lipinski definition) is 2. The summed E-state index contributed by atoms with van der Waals surface area (Å²) in [5, 5.41) is 7.14. The van der Waals surface area contributed by atoms with Gasteiger partial charge in [-0.2, -0.15) is 0 Å². The molecule has 0 bridgehead atoms. The Bertz CT molecular complexity index is 862. The van der Waals surface area contributed by atoms with Gasteiger partial charge in [0.2, 0.25) is 5.91 Å². The summed E-state index contributed by atoms with van der Waals surface area (Å²) in [6, 6.07) is 7.06. The number of rotatable bonds is 4. The summed E-state index contributed by atoms with van der Waals surface area (Å²) < 4.78 is 4.69. The maximum atomic E-state index is 12.1. The van der Waals surface area contributed by atoms with E-state index in [0.29, 0.717) is 23.7 Å². The van der Waals surface area contributed by atoms with E-state index in [1.165, 1.54) is 18.4 Å². The van der Waals surface area contributed by atoms with Crippen LogP contribution in [-0.2, 0) is 22.5 Å². The van der Waals surface area contributed by atoms with Crippen molar-refractivity contribution < 1.29 is 19.1 Å². The Balaban J connectivity index is 1.60. The highest BCUT2D eigenvalue weighted by atomic mass is 32.1. The van der Waals surface area contributed by atoms with Crippen molar-refractivity contribution in [2.24, 2.45) is 0 Å². The molecule has 8 heteroatoms. The van der Waals surface area contributed by atoms with Gasteiger partial charge in [0.05, 0.1) is 12.8 Å². The Labute approximate surface area is 155 Å². The second kappa shape index (κ2) is 7.57. The van der Waals surface area contributed by atoms with Gasteiger partial charge in [-0.05, 0) is 35.1 Å². The van der Waals surface area contributed by atoms with E-state index in [2.05, 4.69) is 15.4 Å². The predicted molar refractivity (Wildman–Crippen MR) is 99.7 cm³/mol. The summed E-state index contributed by atoms with van der Waals surface area (Å²) in [4.78, 5) is 37.4. The summed E-state index contributed by atoms with van der Waals surface area (Å²) in [6.45, 7) is 2.59. The van der Waals surface area contributed by atoms with Crippen molar-refractivity contribution in [2.45, 2.75) is 19.9 Å². The maximum Gasteiger partial charge on any atom is 0.350 e. The molecule has 1 aromatic carbocycles. The molecule has 7 nitrogen and oxygen atoms in total. The molecule has 0 fully saturated rings. The standard InChI is InChI=1S/C18H19N3O4S/c1-11(22)21-7-5-13-9-12(3-4-15(13)21)10-19-18(24)20-14-6-8-26-16(14)17(23)25-2/h3-4,6,8-9H,5,7,10H2,1-2H3,(H2,19,20,24). The summed E-state index contributed by atoms with van der Waals surface area (Å²) in [5.41, 5.74) is 3.41. The van der Waals surface area contributed by atoms with Crippen molar-refractivity contribution in [3.8, 4) is 0 Å². The average Bonchev–Trinajstić information content (AvgIpc) is 3.25. The minimum absolute atomic E-state index is 0.0335. The van der Waals surface area contributed by atoms with Gasteiger partial charge in [0.15, 0.2) is 0 Å². The fourth-order valence-electron chi connectivity index (χ4n) is 2.90. The maximum absolute atomic E-state index is 12.1. The second-order valence-corrected chi connectivity index (χ2v) is 6.76. The van der Waals surface area contributed by atoms with E-state index in [-0.39, 0.29) is 5.91 Å². The Kier molecular flexibility index (Phi) is 5.22. The highest BCUT2D eigenvalue weighted by Crippen LogP contribution is 2.29. The van der Waals surface area contributed by atoms with Crippen LogP contribution in [0.1, 0.15) is 27.7 Å². The summed E-state index contributed by atoms with van der Waals surface area (Å²) in [5.74, 6) is -0.449. The number of methoxy groups -OCH3 is 1. The first-order valence-electron chi connectivity index (χ1n) is 8.10. The number of benzene rings is 1. The number of esters is 1. The lowest BCUT2D eigenvalue weighted by Crippen LogP contribution is -2.28. The summed E-state index contributed by atoms with van der Waals surface area (Å²) >= 11 is 1.21. The second-order valence-electron chi connectivity index (χ2n) is 5.85. The lowest BCUT2D eigenvalue weighted by Gasteiger charge is -2.15. The molecule has 1 aliphatic rings. The number of carbonyl (C=O) groups is 3. The summed E-state index contributed by atoms with van der Waals surface area (Å²) in [6.07, 6.45) is 0.812. The molecule has 2 aromatic rings. The normalized spacial score (nSPS) is 12.5. The van der Waals surface area contributed by atoms with Crippen LogP contribution in [0.3, 0.4) is 0 Å². The molecule has 1 aliphatic heterocycles. The number of hydrogen-bond acceptors (Lipinski definition) is 5. The van der Waals surface area contributed by atoms with Crippen LogP contribution >= 0.6 is 11.3 Å². The van der Waals surface area contributed by atoms with Crippen LogP contribution < -0.4 is 15.5 Å². The van der Waals surface area contributed by atoms with Crippen LogP contribution in [0, 0.1) is 0 Å². The molecule has 1 aromatic heterocycles. The van der Waals surface area contributed by atoms with Crippen molar-refractivity contribution in [3.05, 3.63) is 45.6 Å². The Morgan fingerprint density at radius 1 is 1.27 bits per heavy atom. The first kappa shape index (κ1) is 17.9. The van der Waals surface area contributed by atoms with Gasteiger partial charge in [0.1, 0.15) is 4.88 Å². The Morgan fingerprint density at radius 3 is 2.81 bits per heavy atom. The van der Waals surface area contributed by atoms with Crippen LogP contribution in [0.4, 0.5) is 16.2 Å². The average molecular weight is 373 g/mol. The van der Waals surface area contributed by atoms with Crippen LogP contribution in [0.2, 0.25) is 0 Å². The molecule has 0 atom stereocenters. The molecule has 136 valence electrons. The number of amides is 3. The molecule has 0 saturated heterocycles. The van der Waals surface area contributed by atoms with Gasteiger partial charge < -0.3 is 20.3 Å². The fraction of sp³-hybridized carbons (Fsp3) is 0.278. The van der Waals surface area contributed by atoms with E-state index < -0.39 is 12.0 Å². The van der Waals surface area contributed by atoms with E-state index in [9.17, 15) is 14.4 Å². The first-order valence-corrected chi connectivity index (χ1v) is 8.98. The molecule has 2 N–H and O–H groups in total. The van der Waals surface area contributed by atoms with E-state index in [1.807, 2.05) is 18.2 Å². The minimum atomic E-state index is -0.482. The molecule has 26 heavy (non-hydrogen) atoms. The fourth-order valence-corrected chi connectivity index (χ4v) is 3.67. The van der Waals surface area contributed by atoms with Crippen molar-refractivity contribution >= 4 is 40.6 Å².